The monoisotopic (exact) mass is 291 g/mol. The van der Waals surface area contributed by atoms with E-state index in [2.05, 4.69) is 26.0 Å². The van der Waals surface area contributed by atoms with Crippen LogP contribution in [0, 0.1) is 5.82 Å². The molecule has 0 heterocycles. The molecular formula is C17H19ClFN. The van der Waals surface area contributed by atoms with Crippen LogP contribution in [0.2, 0.25) is 5.02 Å². The average Bonchev–Trinajstić information content (AvgIpc) is 2.46. The molecule has 1 unspecified atom stereocenters. The molecule has 0 saturated heterocycles. The molecule has 0 saturated carbocycles. The molecule has 0 radical (unpaired) electrons. The molecule has 0 amide bonds. The van der Waals surface area contributed by atoms with E-state index >= 15 is 0 Å². The Morgan fingerprint density at radius 3 is 2.40 bits per heavy atom. The summed E-state index contributed by atoms with van der Waals surface area (Å²) in [5.41, 5.74) is 10.0. The van der Waals surface area contributed by atoms with Crippen molar-refractivity contribution in [3.8, 4) is 0 Å². The molecule has 2 aromatic carbocycles. The van der Waals surface area contributed by atoms with E-state index in [-0.39, 0.29) is 5.82 Å². The van der Waals surface area contributed by atoms with Gasteiger partial charge in [0.05, 0.1) is 6.04 Å². The number of aryl methyl sites for hydroxylation is 2. The van der Waals surface area contributed by atoms with Crippen LogP contribution in [-0.4, -0.2) is 0 Å². The summed E-state index contributed by atoms with van der Waals surface area (Å²) in [5, 5.41) is 0.370. The van der Waals surface area contributed by atoms with E-state index in [0.717, 1.165) is 18.4 Å². The fourth-order valence-corrected chi connectivity index (χ4v) is 2.77. The van der Waals surface area contributed by atoms with Crippen LogP contribution in [-0.2, 0) is 12.8 Å². The van der Waals surface area contributed by atoms with E-state index in [0.29, 0.717) is 10.6 Å². The van der Waals surface area contributed by atoms with Gasteiger partial charge >= 0.3 is 0 Å². The van der Waals surface area contributed by atoms with Gasteiger partial charge < -0.3 is 5.73 Å². The van der Waals surface area contributed by atoms with Gasteiger partial charge in [0.2, 0.25) is 0 Å². The lowest BCUT2D eigenvalue weighted by molar-refractivity contribution is 0.599. The van der Waals surface area contributed by atoms with Gasteiger partial charge in [-0.05, 0) is 41.7 Å². The SMILES string of the molecule is CCc1ccc(C(N)c2c(F)cccc2Cl)cc1CC. The Balaban J connectivity index is 2.46. The lowest BCUT2D eigenvalue weighted by Crippen LogP contribution is -2.15. The fraction of sp³-hybridized carbons (Fsp3) is 0.294. The van der Waals surface area contributed by atoms with Crippen LogP contribution in [0.5, 0.6) is 0 Å². The maximum atomic E-state index is 13.9. The highest BCUT2D eigenvalue weighted by molar-refractivity contribution is 6.31. The molecule has 1 atom stereocenters. The molecule has 2 rings (SSSR count). The fourth-order valence-electron chi connectivity index (χ4n) is 2.49. The molecular weight excluding hydrogens is 273 g/mol. The van der Waals surface area contributed by atoms with Crippen LogP contribution < -0.4 is 5.73 Å². The predicted octanol–water partition coefficient (Wildman–Crippen LogP) is 4.65. The molecule has 0 bridgehead atoms. The Morgan fingerprint density at radius 2 is 1.80 bits per heavy atom. The quantitative estimate of drug-likeness (QED) is 0.871. The molecule has 0 aliphatic heterocycles. The second-order valence-corrected chi connectivity index (χ2v) is 5.26. The molecule has 0 aromatic heterocycles. The van der Waals surface area contributed by atoms with E-state index in [1.807, 2.05) is 6.07 Å². The molecule has 0 spiro atoms. The Morgan fingerprint density at radius 1 is 1.10 bits per heavy atom. The van der Waals surface area contributed by atoms with Crippen molar-refractivity contribution in [2.24, 2.45) is 5.73 Å². The lowest BCUT2D eigenvalue weighted by Gasteiger charge is -2.17. The third-order valence-corrected chi connectivity index (χ3v) is 3.99. The summed E-state index contributed by atoms with van der Waals surface area (Å²) in [5.74, 6) is -0.359. The Hall–Kier alpha value is -1.38. The number of benzene rings is 2. The second kappa shape index (κ2) is 6.38. The van der Waals surface area contributed by atoms with Crippen molar-refractivity contribution in [1.82, 2.24) is 0 Å². The van der Waals surface area contributed by atoms with Gasteiger partial charge in [0.1, 0.15) is 5.82 Å². The van der Waals surface area contributed by atoms with Crippen LogP contribution in [0.4, 0.5) is 4.39 Å². The lowest BCUT2D eigenvalue weighted by atomic mass is 9.93. The minimum absolute atomic E-state index is 0.359. The van der Waals surface area contributed by atoms with E-state index in [1.54, 1.807) is 12.1 Å². The molecule has 3 heteroatoms. The Labute approximate surface area is 124 Å². The first-order valence-electron chi connectivity index (χ1n) is 6.89. The zero-order valence-corrected chi connectivity index (χ0v) is 12.5. The third kappa shape index (κ3) is 2.87. The van der Waals surface area contributed by atoms with Gasteiger partial charge in [-0.25, -0.2) is 4.39 Å². The first-order chi connectivity index (χ1) is 9.58. The molecule has 20 heavy (non-hydrogen) atoms. The Bertz CT molecular complexity index is 590. The first kappa shape index (κ1) is 15.0. The van der Waals surface area contributed by atoms with Gasteiger partial charge in [-0.2, -0.15) is 0 Å². The van der Waals surface area contributed by atoms with Crippen LogP contribution in [0.3, 0.4) is 0 Å². The molecule has 0 aliphatic rings. The zero-order chi connectivity index (χ0) is 14.7. The molecule has 2 N–H and O–H groups in total. The van der Waals surface area contributed by atoms with Crippen molar-refractivity contribution in [3.05, 3.63) is 69.5 Å². The van der Waals surface area contributed by atoms with Crippen LogP contribution in [0.25, 0.3) is 0 Å². The minimum atomic E-state index is -0.542. The smallest absolute Gasteiger partial charge is 0.129 e. The minimum Gasteiger partial charge on any atom is -0.320 e. The van der Waals surface area contributed by atoms with Crippen LogP contribution in [0.1, 0.15) is 42.1 Å². The summed E-state index contributed by atoms with van der Waals surface area (Å²) in [6, 6.07) is 10.2. The molecule has 0 aliphatic carbocycles. The Kier molecular flexibility index (Phi) is 4.79. The van der Waals surface area contributed by atoms with Gasteiger partial charge in [0, 0.05) is 10.6 Å². The summed E-state index contributed by atoms with van der Waals surface area (Å²) in [6.45, 7) is 4.24. The second-order valence-electron chi connectivity index (χ2n) is 4.85. The van der Waals surface area contributed by atoms with E-state index in [9.17, 15) is 4.39 Å². The highest BCUT2D eigenvalue weighted by Crippen LogP contribution is 2.30. The van der Waals surface area contributed by atoms with Crippen LogP contribution >= 0.6 is 11.6 Å². The molecule has 1 nitrogen and oxygen atoms in total. The number of nitrogens with two attached hydrogens (primary N) is 1. The maximum absolute atomic E-state index is 13.9. The van der Waals surface area contributed by atoms with Gasteiger partial charge in [-0.1, -0.05) is 49.7 Å². The topological polar surface area (TPSA) is 26.0 Å². The maximum Gasteiger partial charge on any atom is 0.129 e. The first-order valence-corrected chi connectivity index (χ1v) is 7.27. The number of hydrogen-bond acceptors (Lipinski definition) is 1. The predicted molar refractivity (Wildman–Crippen MR) is 82.6 cm³/mol. The van der Waals surface area contributed by atoms with Gasteiger partial charge in [-0.15, -0.1) is 0 Å². The van der Waals surface area contributed by atoms with Crippen molar-refractivity contribution < 1.29 is 4.39 Å². The van der Waals surface area contributed by atoms with Crippen molar-refractivity contribution in [1.29, 1.82) is 0 Å². The van der Waals surface area contributed by atoms with Gasteiger partial charge in [0.25, 0.3) is 0 Å². The standard InChI is InChI=1S/C17H19ClFN/c1-3-11-8-9-13(10-12(11)4-2)17(20)16-14(18)6-5-7-15(16)19/h5-10,17H,3-4,20H2,1-2H3. The summed E-state index contributed by atoms with van der Waals surface area (Å²) in [6.07, 6.45) is 1.92. The summed E-state index contributed by atoms with van der Waals surface area (Å²) in [7, 11) is 0. The number of halogens is 2. The third-order valence-electron chi connectivity index (χ3n) is 3.66. The average molecular weight is 292 g/mol. The highest BCUT2D eigenvalue weighted by atomic mass is 35.5. The zero-order valence-electron chi connectivity index (χ0n) is 11.8. The molecule has 106 valence electrons. The van der Waals surface area contributed by atoms with Crippen molar-refractivity contribution in [2.45, 2.75) is 32.7 Å². The van der Waals surface area contributed by atoms with Crippen LogP contribution in [0.15, 0.2) is 36.4 Å². The molecule has 0 fully saturated rings. The summed E-state index contributed by atoms with van der Waals surface area (Å²) in [4.78, 5) is 0. The van der Waals surface area contributed by atoms with E-state index in [1.165, 1.54) is 17.2 Å². The van der Waals surface area contributed by atoms with Crippen molar-refractivity contribution in [3.63, 3.8) is 0 Å². The van der Waals surface area contributed by atoms with Gasteiger partial charge in [-0.3, -0.25) is 0 Å². The number of hydrogen-bond donors (Lipinski definition) is 1. The van der Waals surface area contributed by atoms with E-state index < -0.39 is 6.04 Å². The molecule has 2 aromatic rings. The summed E-state index contributed by atoms with van der Waals surface area (Å²) < 4.78 is 13.9. The van der Waals surface area contributed by atoms with Gasteiger partial charge in [0.15, 0.2) is 0 Å². The van der Waals surface area contributed by atoms with Crippen molar-refractivity contribution in [2.75, 3.05) is 0 Å². The van der Waals surface area contributed by atoms with E-state index in [4.69, 9.17) is 17.3 Å². The normalized spacial score (nSPS) is 12.4. The van der Waals surface area contributed by atoms with Crippen molar-refractivity contribution >= 4 is 11.6 Å². The summed E-state index contributed by atoms with van der Waals surface area (Å²) >= 11 is 6.09. The number of rotatable bonds is 4. The largest absolute Gasteiger partial charge is 0.320 e. The highest BCUT2D eigenvalue weighted by Gasteiger charge is 2.17.